The van der Waals surface area contributed by atoms with Crippen molar-refractivity contribution in [2.45, 2.75) is 298 Å². The average molecular weight is 1820 g/mol. The molecule has 0 saturated heterocycles. The van der Waals surface area contributed by atoms with Gasteiger partial charge >= 0.3 is 0 Å². The molecule has 15 aromatic rings. The van der Waals surface area contributed by atoms with Crippen LogP contribution in [0.1, 0.15) is 301 Å². The highest BCUT2D eigenvalue weighted by atomic mass is 15.2. The standard InChI is InChI=1S/C132H159BN4/c1-122(2,3)74-84-38-34-42-92(58-84)101-72-115(103(66-96(101)82-130(25,26)27)94-44-36-40-86(60-94)76-124(7,8)9)136-117-70-99(134-111-54-46-88(78-126(13,14)15)62-105(111)106-63-89(47-55-112(106)134)79-127(16,17)18)50-52-109(117)133-110-53-51-100(135-113-56-48-90(80-128(19,20)21)64-107(113)108-65-91(49-57-114(108)135)81-129(22,23)24)71-118(110)137(120-69-98(132(31,32)33)68-119(136)121(120)133)116-73-102(93-43-35-39-85(59-93)75-123(4,5)6)97(83-131(28,29)30)67-104(116)95-45-37-41-87(61-95)77-125(10,11)12/h34-73H,74-83H2,1-33H3/i74D2,75D2,76D2,77D2. The van der Waals surface area contributed by atoms with Crippen molar-refractivity contribution in [1.29, 1.82) is 0 Å². The van der Waals surface area contributed by atoms with E-state index in [4.69, 9.17) is 0 Å². The molecular weight excluding hydrogens is 1650 g/mol. The maximum Gasteiger partial charge on any atom is 0.252 e. The Hall–Kier alpha value is -10.9. The lowest BCUT2D eigenvalue weighted by atomic mass is 9.33. The van der Waals surface area contributed by atoms with Gasteiger partial charge in [-0.1, -0.05) is 362 Å². The fourth-order valence-corrected chi connectivity index (χ4v) is 21.7. The van der Waals surface area contributed by atoms with E-state index in [-0.39, 0.29) is 32.5 Å². The summed E-state index contributed by atoms with van der Waals surface area (Å²) in [5.41, 5.74) is 28.9. The molecule has 0 spiro atoms. The summed E-state index contributed by atoms with van der Waals surface area (Å²) in [7, 11) is 0. The predicted octanol–water partition coefficient (Wildman–Crippen LogP) is 35.8. The number of anilines is 6. The van der Waals surface area contributed by atoms with E-state index in [0.29, 0.717) is 35.1 Å². The Bertz CT molecular complexity index is 7010. The van der Waals surface area contributed by atoms with Gasteiger partial charge in [-0.05, 0) is 344 Å². The number of benzene rings is 13. The summed E-state index contributed by atoms with van der Waals surface area (Å²) < 4.78 is 86.2. The van der Waals surface area contributed by atoms with Gasteiger partial charge in [-0.2, -0.15) is 0 Å². The van der Waals surface area contributed by atoms with Crippen LogP contribution in [0.4, 0.5) is 34.1 Å². The van der Waals surface area contributed by atoms with Crippen molar-refractivity contribution < 1.29 is 11.0 Å². The van der Waals surface area contributed by atoms with Gasteiger partial charge in [0.25, 0.3) is 6.71 Å². The third-order valence-corrected chi connectivity index (χ3v) is 26.3. The molecule has 0 saturated carbocycles. The van der Waals surface area contributed by atoms with Gasteiger partial charge in [0.05, 0.1) is 33.4 Å². The highest BCUT2D eigenvalue weighted by molar-refractivity contribution is 7.00. The van der Waals surface area contributed by atoms with Crippen LogP contribution in [-0.4, -0.2) is 15.8 Å². The number of rotatable bonds is 18. The third-order valence-electron chi connectivity index (χ3n) is 26.3. The molecule has 0 bridgehead atoms. The molecule has 4 heterocycles. The largest absolute Gasteiger partial charge is 0.311 e. The highest BCUT2D eigenvalue weighted by Gasteiger charge is 2.47. The van der Waals surface area contributed by atoms with Gasteiger partial charge in [-0.15, -0.1) is 0 Å². The lowest BCUT2D eigenvalue weighted by molar-refractivity contribution is 0.410. The Morgan fingerprint density at radius 2 is 0.496 bits per heavy atom. The van der Waals surface area contributed by atoms with E-state index in [9.17, 15) is 11.0 Å². The summed E-state index contributed by atoms with van der Waals surface area (Å²) in [5.74, 6) is 0. The van der Waals surface area contributed by atoms with E-state index in [1.165, 1.54) is 43.8 Å². The zero-order valence-electron chi connectivity index (χ0n) is 97.2. The first-order valence-corrected chi connectivity index (χ1v) is 50.7. The SMILES string of the molecule is [2H]C([2H])(c1cccc(-c2cc(N3c4cc(-n5c6ccc(CC(C)(C)C)cc6c6cc(CC(C)(C)C)ccc65)ccc4B4c5ccc(-n6c7ccc(CC(C)(C)C)cc7c7cc(CC(C)(C)C)ccc76)cc5N(c5cc(-c6cccc(C([2H])([2H])C(C)(C)C)c6)c(CC(C)(C)C)cc5-c5cccc(C([2H])([2H])C(C)(C)C)c5)c5cc(C(C)(C)C)cc3c54)c(-c3cccc(C([2H])([2H])C(C)(C)C)c3)cc2CC(C)(C)C)c1)C(C)(C)C. The highest BCUT2D eigenvalue weighted by Crippen LogP contribution is 2.55. The number of fused-ring (bicyclic) bond motifs is 10. The normalized spacial score (nSPS) is 15.1. The van der Waals surface area contributed by atoms with Crippen molar-refractivity contribution in [3.63, 3.8) is 0 Å². The number of nitrogens with zero attached hydrogens (tertiary/aromatic N) is 4. The van der Waals surface area contributed by atoms with Crippen molar-refractivity contribution in [2.75, 3.05) is 9.80 Å². The fraction of sp³-hybridized carbons (Fsp3) is 0.409. The van der Waals surface area contributed by atoms with E-state index in [1.54, 1.807) is 0 Å². The quantitative estimate of drug-likeness (QED) is 0.0796. The second-order valence-electron chi connectivity index (χ2n) is 53.1. The average Bonchev–Trinajstić information content (AvgIpc) is 1.14. The molecule has 13 aromatic carbocycles. The van der Waals surface area contributed by atoms with E-state index in [2.05, 4.69) is 371 Å². The number of hydrogen-bond donors (Lipinski definition) is 0. The topological polar surface area (TPSA) is 16.3 Å². The minimum atomic E-state index is -1.79. The zero-order valence-corrected chi connectivity index (χ0v) is 89.2. The molecule has 2 aliphatic heterocycles. The molecule has 2 aliphatic rings. The summed E-state index contributed by atoms with van der Waals surface area (Å²) >= 11 is 0. The lowest BCUT2D eigenvalue weighted by Gasteiger charge is -2.46. The molecule has 5 heteroatoms. The molecular formula is C132H159BN4. The first-order chi connectivity index (χ1) is 66.7. The molecule has 0 unspecified atom stereocenters. The molecule has 0 amide bonds. The van der Waals surface area contributed by atoms with Gasteiger partial charge in [-0.3, -0.25) is 0 Å². The van der Waals surface area contributed by atoms with E-state index < -0.39 is 59.3 Å². The second kappa shape index (κ2) is 35.2. The number of aromatic nitrogens is 2. The van der Waals surface area contributed by atoms with Crippen molar-refractivity contribution in [3.8, 4) is 55.9 Å². The monoisotopic (exact) mass is 1820 g/mol. The van der Waals surface area contributed by atoms with E-state index in [0.717, 1.165) is 171 Å². The van der Waals surface area contributed by atoms with Gasteiger partial charge in [0.15, 0.2) is 0 Å². The van der Waals surface area contributed by atoms with Gasteiger partial charge in [0, 0.05) is 77.8 Å². The van der Waals surface area contributed by atoms with Crippen LogP contribution in [0.15, 0.2) is 243 Å². The Morgan fingerprint density at radius 1 is 0.226 bits per heavy atom. The van der Waals surface area contributed by atoms with Crippen LogP contribution in [0.25, 0.3) is 99.5 Å². The first kappa shape index (κ1) is 87.6. The third kappa shape index (κ3) is 21.8. The zero-order chi connectivity index (χ0) is 106. The molecule has 0 aliphatic carbocycles. The second-order valence-corrected chi connectivity index (χ2v) is 53.1. The van der Waals surface area contributed by atoms with Gasteiger partial charge in [0.2, 0.25) is 0 Å². The Morgan fingerprint density at radius 3 is 0.752 bits per heavy atom. The van der Waals surface area contributed by atoms with E-state index in [1.807, 2.05) is 119 Å². The molecule has 0 radical (unpaired) electrons. The smallest absolute Gasteiger partial charge is 0.252 e. The van der Waals surface area contributed by atoms with Crippen LogP contribution >= 0.6 is 0 Å². The Balaban J connectivity index is 1.10. The molecule has 17 rings (SSSR count). The van der Waals surface area contributed by atoms with Gasteiger partial charge in [-0.25, -0.2) is 0 Å². The molecule has 0 fully saturated rings. The molecule has 0 N–H and O–H groups in total. The maximum atomic E-state index is 10.2. The maximum absolute atomic E-state index is 10.2. The molecule has 0 atom stereocenters. The van der Waals surface area contributed by atoms with Crippen molar-refractivity contribution in [1.82, 2.24) is 9.13 Å². The van der Waals surface area contributed by atoms with Crippen molar-refractivity contribution >= 4 is 101 Å². The van der Waals surface area contributed by atoms with Crippen LogP contribution in [0, 0.1) is 54.1 Å². The van der Waals surface area contributed by atoms with Crippen LogP contribution in [0.5, 0.6) is 0 Å². The predicted molar refractivity (Wildman–Crippen MR) is 601 cm³/mol. The molecule has 137 heavy (non-hydrogen) atoms. The summed E-state index contributed by atoms with van der Waals surface area (Å²) in [6.45, 7) is 72.2. The van der Waals surface area contributed by atoms with Crippen LogP contribution < -0.4 is 26.2 Å². The summed E-state index contributed by atoms with van der Waals surface area (Å²) in [6, 6.07) is 91.3. The summed E-state index contributed by atoms with van der Waals surface area (Å²) in [5, 5.41) is 4.79. The van der Waals surface area contributed by atoms with Gasteiger partial charge in [0.1, 0.15) is 0 Å². The van der Waals surface area contributed by atoms with Crippen LogP contribution in [0.3, 0.4) is 0 Å². The van der Waals surface area contributed by atoms with Crippen LogP contribution in [0.2, 0.25) is 0 Å². The molecule has 710 valence electrons. The lowest BCUT2D eigenvalue weighted by Crippen LogP contribution is -2.61. The van der Waals surface area contributed by atoms with E-state index >= 15 is 0 Å². The van der Waals surface area contributed by atoms with Crippen molar-refractivity contribution in [3.05, 3.63) is 304 Å². The first-order valence-electron chi connectivity index (χ1n) is 54.7. The van der Waals surface area contributed by atoms with Gasteiger partial charge < -0.3 is 18.9 Å². The number of hydrogen-bond acceptors (Lipinski definition) is 2. The Kier molecular flexibility index (Phi) is 22.5. The summed E-state index contributed by atoms with van der Waals surface area (Å²) in [6.07, 6.45) is -2.19. The fourth-order valence-electron chi connectivity index (χ4n) is 21.7. The van der Waals surface area contributed by atoms with Crippen LogP contribution in [-0.2, 0) is 69.4 Å². The van der Waals surface area contributed by atoms with Crippen molar-refractivity contribution in [2.24, 2.45) is 54.1 Å². The minimum absolute atomic E-state index is 0.0199. The Labute approximate surface area is 837 Å². The molecule has 4 nitrogen and oxygen atoms in total. The molecule has 2 aromatic heterocycles. The minimum Gasteiger partial charge on any atom is -0.311 e. The summed E-state index contributed by atoms with van der Waals surface area (Å²) in [4.78, 5) is 5.21.